The van der Waals surface area contributed by atoms with Crippen molar-refractivity contribution in [2.24, 2.45) is 4.99 Å². The Bertz CT molecular complexity index is 806. The minimum Gasteiger partial charge on any atom is -0.379 e. The van der Waals surface area contributed by atoms with Crippen LogP contribution >= 0.6 is 35.3 Å². The summed E-state index contributed by atoms with van der Waals surface area (Å²) in [5, 5.41) is 7.74. The molecule has 1 aliphatic heterocycles. The van der Waals surface area contributed by atoms with Crippen LogP contribution in [0, 0.1) is 19.7 Å². The average molecular weight is 547 g/mol. The summed E-state index contributed by atoms with van der Waals surface area (Å²) in [5.41, 5.74) is 2.03. The monoisotopic (exact) mass is 547 g/mol. The van der Waals surface area contributed by atoms with Crippen LogP contribution in [0.3, 0.4) is 0 Å². The van der Waals surface area contributed by atoms with E-state index in [0.717, 1.165) is 41.9 Å². The number of hydrogen-bond acceptors (Lipinski definition) is 5. The number of morpholine rings is 1. The summed E-state index contributed by atoms with van der Waals surface area (Å²) in [4.78, 5) is 12.8. The van der Waals surface area contributed by atoms with Crippen molar-refractivity contribution in [1.82, 2.24) is 20.5 Å². The van der Waals surface area contributed by atoms with Crippen molar-refractivity contribution in [1.29, 1.82) is 0 Å². The van der Waals surface area contributed by atoms with Gasteiger partial charge in [-0.3, -0.25) is 4.90 Å². The molecular formula is C21H31FIN5OS. The second-order valence-corrected chi connectivity index (χ2v) is 8.33. The van der Waals surface area contributed by atoms with Crippen LogP contribution in [0.25, 0.3) is 0 Å². The van der Waals surface area contributed by atoms with Crippen molar-refractivity contribution in [2.75, 3.05) is 39.4 Å². The number of ether oxygens (including phenoxy) is 1. The average Bonchev–Trinajstić information content (AvgIpc) is 3.04. The number of aromatic nitrogens is 1. The van der Waals surface area contributed by atoms with Gasteiger partial charge in [-0.1, -0.05) is 12.1 Å². The molecule has 9 heteroatoms. The van der Waals surface area contributed by atoms with Gasteiger partial charge >= 0.3 is 0 Å². The third-order valence-corrected chi connectivity index (χ3v) is 6.03. The molecule has 1 fully saturated rings. The molecule has 1 saturated heterocycles. The van der Waals surface area contributed by atoms with Crippen LogP contribution in [-0.2, 0) is 11.3 Å². The Hall–Kier alpha value is -1.30. The number of halogens is 2. The molecule has 2 heterocycles. The zero-order chi connectivity index (χ0) is 20.6. The Balaban J connectivity index is 0.00000320. The van der Waals surface area contributed by atoms with Crippen LogP contribution in [-0.4, -0.2) is 55.2 Å². The summed E-state index contributed by atoms with van der Waals surface area (Å²) in [7, 11) is 0. The lowest BCUT2D eigenvalue weighted by Crippen LogP contribution is -2.46. The van der Waals surface area contributed by atoms with Crippen LogP contribution in [0.1, 0.15) is 34.1 Å². The van der Waals surface area contributed by atoms with Gasteiger partial charge < -0.3 is 15.4 Å². The maximum Gasteiger partial charge on any atom is 0.191 e. The second-order valence-electron chi connectivity index (χ2n) is 7.04. The first kappa shape index (κ1) is 25.0. The van der Waals surface area contributed by atoms with E-state index in [2.05, 4.69) is 27.4 Å². The molecule has 0 saturated carbocycles. The molecule has 166 valence electrons. The first-order valence-corrected chi connectivity index (χ1v) is 10.9. The number of thiazole rings is 1. The van der Waals surface area contributed by atoms with Crippen LogP contribution in [0.15, 0.2) is 29.3 Å². The predicted octanol–water partition coefficient (Wildman–Crippen LogP) is 3.65. The first-order chi connectivity index (χ1) is 14.1. The van der Waals surface area contributed by atoms with Gasteiger partial charge in [0.15, 0.2) is 5.96 Å². The Labute approximate surface area is 199 Å². The second kappa shape index (κ2) is 12.5. The van der Waals surface area contributed by atoms with Crippen molar-refractivity contribution in [3.63, 3.8) is 0 Å². The quantitative estimate of drug-likeness (QED) is 0.315. The van der Waals surface area contributed by atoms with Crippen molar-refractivity contribution >= 4 is 41.3 Å². The number of nitrogens with zero attached hydrogens (tertiary/aromatic N) is 3. The highest BCUT2D eigenvalue weighted by Gasteiger charge is 2.23. The van der Waals surface area contributed by atoms with Crippen molar-refractivity contribution in [3.05, 3.63) is 51.2 Å². The Kier molecular flexibility index (Phi) is 10.4. The van der Waals surface area contributed by atoms with E-state index in [1.165, 1.54) is 10.9 Å². The van der Waals surface area contributed by atoms with Gasteiger partial charge in [-0.15, -0.1) is 35.3 Å². The van der Waals surface area contributed by atoms with Crippen molar-refractivity contribution in [2.45, 2.75) is 33.4 Å². The fourth-order valence-electron chi connectivity index (χ4n) is 3.35. The topological polar surface area (TPSA) is 61.8 Å². The number of rotatable bonds is 7. The molecule has 0 spiro atoms. The van der Waals surface area contributed by atoms with E-state index in [1.54, 1.807) is 23.5 Å². The summed E-state index contributed by atoms with van der Waals surface area (Å²) in [5.74, 6) is 0.531. The smallest absolute Gasteiger partial charge is 0.191 e. The van der Waals surface area contributed by atoms with Gasteiger partial charge in [0.05, 0.1) is 31.5 Å². The fourth-order valence-corrected chi connectivity index (χ4v) is 4.21. The molecule has 2 aromatic rings. The Morgan fingerprint density at radius 3 is 2.70 bits per heavy atom. The summed E-state index contributed by atoms with van der Waals surface area (Å²) >= 11 is 1.68. The van der Waals surface area contributed by atoms with Gasteiger partial charge in [0.1, 0.15) is 10.8 Å². The highest BCUT2D eigenvalue weighted by Crippen LogP contribution is 2.22. The summed E-state index contributed by atoms with van der Waals surface area (Å²) < 4.78 is 19.3. The minimum absolute atomic E-state index is 0. The predicted molar refractivity (Wildman–Crippen MR) is 131 cm³/mol. The van der Waals surface area contributed by atoms with Crippen molar-refractivity contribution in [3.8, 4) is 0 Å². The van der Waals surface area contributed by atoms with Gasteiger partial charge in [-0.2, -0.15) is 0 Å². The standard InChI is InChI=1S/C21H30FN5OS.HI/c1-4-23-21(25-14-20-26-15(2)16(3)29-20)24-13-19(27-8-10-28-11-9-27)17-6-5-7-18(22)12-17;/h5-7,12,19H,4,8-11,13-14H2,1-3H3,(H2,23,24,25);1H. The third-order valence-electron chi connectivity index (χ3n) is 4.97. The van der Waals surface area contributed by atoms with E-state index in [-0.39, 0.29) is 35.8 Å². The lowest BCUT2D eigenvalue weighted by Gasteiger charge is -2.35. The van der Waals surface area contributed by atoms with E-state index in [1.807, 2.05) is 19.9 Å². The van der Waals surface area contributed by atoms with Crippen LogP contribution in [0.2, 0.25) is 0 Å². The Morgan fingerprint density at radius 2 is 2.07 bits per heavy atom. The van der Waals surface area contributed by atoms with Gasteiger partial charge in [0.25, 0.3) is 0 Å². The van der Waals surface area contributed by atoms with E-state index >= 15 is 0 Å². The summed E-state index contributed by atoms with van der Waals surface area (Å²) in [6.07, 6.45) is 0. The first-order valence-electron chi connectivity index (χ1n) is 10.1. The lowest BCUT2D eigenvalue weighted by molar-refractivity contribution is 0.0169. The highest BCUT2D eigenvalue weighted by atomic mass is 127. The number of hydrogen-bond donors (Lipinski definition) is 2. The van der Waals surface area contributed by atoms with Crippen LogP contribution < -0.4 is 10.6 Å². The molecule has 1 aromatic carbocycles. The zero-order valence-electron chi connectivity index (χ0n) is 17.8. The molecular weight excluding hydrogens is 516 g/mol. The van der Waals surface area contributed by atoms with E-state index in [0.29, 0.717) is 26.3 Å². The fraction of sp³-hybridized carbons (Fsp3) is 0.524. The minimum atomic E-state index is -0.212. The highest BCUT2D eigenvalue weighted by molar-refractivity contribution is 14.0. The van der Waals surface area contributed by atoms with E-state index in [9.17, 15) is 4.39 Å². The summed E-state index contributed by atoms with van der Waals surface area (Å²) in [6, 6.07) is 6.90. The molecule has 3 rings (SSSR count). The molecule has 2 N–H and O–H groups in total. The number of benzene rings is 1. The van der Waals surface area contributed by atoms with Gasteiger partial charge in [0.2, 0.25) is 0 Å². The van der Waals surface area contributed by atoms with E-state index in [4.69, 9.17) is 9.73 Å². The molecule has 1 aliphatic rings. The molecule has 0 aliphatic carbocycles. The van der Waals surface area contributed by atoms with Crippen LogP contribution in [0.4, 0.5) is 4.39 Å². The van der Waals surface area contributed by atoms with Gasteiger partial charge in [-0.05, 0) is 38.5 Å². The number of guanidine groups is 1. The lowest BCUT2D eigenvalue weighted by atomic mass is 10.0. The van der Waals surface area contributed by atoms with E-state index < -0.39 is 0 Å². The molecule has 1 atom stereocenters. The molecule has 30 heavy (non-hydrogen) atoms. The maximum absolute atomic E-state index is 13.9. The SMILES string of the molecule is CCNC(=NCc1nc(C)c(C)s1)NCC(c1cccc(F)c1)N1CCOCC1.I. The number of nitrogens with one attached hydrogen (secondary N) is 2. The number of aryl methyl sites for hydroxylation is 2. The molecule has 1 unspecified atom stereocenters. The third kappa shape index (κ3) is 7.14. The number of aliphatic imine (C=N–C) groups is 1. The molecule has 0 amide bonds. The maximum atomic E-state index is 13.9. The molecule has 1 aromatic heterocycles. The Morgan fingerprint density at radius 1 is 1.30 bits per heavy atom. The van der Waals surface area contributed by atoms with Crippen molar-refractivity contribution < 1.29 is 9.13 Å². The molecule has 0 radical (unpaired) electrons. The zero-order valence-corrected chi connectivity index (χ0v) is 20.9. The van der Waals surface area contributed by atoms with Gasteiger partial charge in [0, 0.05) is 31.1 Å². The van der Waals surface area contributed by atoms with Gasteiger partial charge in [-0.25, -0.2) is 14.4 Å². The summed E-state index contributed by atoms with van der Waals surface area (Å²) in [6.45, 7) is 11.1. The molecule has 0 bridgehead atoms. The normalized spacial score (nSPS) is 16.1. The van der Waals surface area contributed by atoms with Crippen LogP contribution in [0.5, 0.6) is 0 Å². The molecule has 6 nitrogen and oxygen atoms in total. The largest absolute Gasteiger partial charge is 0.379 e.